The largest absolute Gasteiger partial charge is 0.522 e. The van der Waals surface area contributed by atoms with Gasteiger partial charge >= 0.3 is 31.3 Å². The van der Waals surface area contributed by atoms with Crippen LogP contribution in [0.4, 0.5) is 26.3 Å². The number of hydrogen-bond acceptors (Lipinski definition) is 6. The number of rotatable bonds is 5. The minimum absolute atomic E-state index is 0.828. The molecule has 6 nitrogen and oxygen atoms in total. The van der Waals surface area contributed by atoms with Gasteiger partial charge in [-0.05, 0) is 26.2 Å². The standard InChI is InChI=1S/C6H12F6O6S2Si2/c1-21(2,17-19(13,14)5(7,8)9)22(3,4)18-20(15,16)6(10,11)12/h1-4H3. The third kappa shape index (κ3) is 4.67. The van der Waals surface area contributed by atoms with Crippen molar-refractivity contribution in [3.63, 3.8) is 0 Å². The lowest BCUT2D eigenvalue weighted by atomic mass is 11.6. The Balaban J connectivity index is 5.63. The van der Waals surface area contributed by atoms with E-state index in [1.54, 1.807) is 0 Å². The normalized spacial score (nSPS) is 15.9. The summed E-state index contributed by atoms with van der Waals surface area (Å²) in [7, 11) is -20.4. The summed E-state index contributed by atoms with van der Waals surface area (Å²) >= 11 is 0. The van der Waals surface area contributed by atoms with Gasteiger partial charge in [-0.1, -0.05) is 0 Å². The quantitative estimate of drug-likeness (QED) is 0.389. The summed E-state index contributed by atoms with van der Waals surface area (Å²) < 4.78 is 125. The molecule has 0 rings (SSSR count). The summed E-state index contributed by atoms with van der Waals surface area (Å²) in [5.41, 5.74) is -11.6. The Hall–Kier alpha value is -0.166. The summed E-state index contributed by atoms with van der Waals surface area (Å²) in [4.78, 5) is 0. The lowest BCUT2D eigenvalue weighted by Gasteiger charge is -2.35. The first-order valence-electron chi connectivity index (χ1n) is 5.20. The molecule has 22 heavy (non-hydrogen) atoms. The van der Waals surface area contributed by atoms with E-state index in [0.29, 0.717) is 0 Å². The lowest BCUT2D eigenvalue weighted by Crippen LogP contribution is -2.62. The lowest BCUT2D eigenvalue weighted by molar-refractivity contribution is -0.0512. The number of halogens is 6. The third-order valence-corrected chi connectivity index (χ3v) is 22.0. The maximum atomic E-state index is 12.3. The topological polar surface area (TPSA) is 86.7 Å². The molecule has 0 aromatic rings. The molecule has 0 radical (unpaired) electrons. The van der Waals surface area contributed by atoms with E-state index in [9.17, 15) is 43.2 Å². The van der Waals surface area contributed by atoms with Crippen LogP contribution in [0, 0.1) is 0 Å². The SMILES string of the molecule is C[Si](C)(OS(=O)(=O)C(F)(F)F)[Si](C)(C)OS(=O)(=O)C(F)(F)F. The second kappa shape index (κ2) is 5.73. The van der Waals surface area contributed by atoms with Crippen molar-refractivity contribution >= 4 is 35.9 Å². The molecule has 16 heteroatoms. The van der Waals surface area contributed by atoms with Crippen molar-refractivity contribution < 1.29 is 50.9 Å². The highest BCUT2D eigenvalue weighted by atomic mass is 32.2. The van der Waals surface area contributed by atoms with E-state index in [1.165, 1.54) is 0 Å². The highest BCUT2D eigenvalue weighted by molar-refractivity contribution is 7.90. The van der Waals surface area contributed by atoms with E-state index in [2.05, 4.69) is 7.74 Å². The summed E-state index contributed by atoms with van der Waals surface area (Å²) in [5, 5.41) is 0. The van der Waals surface area contributed by atoms with Crippen LogP contribution in [-0.2, 0) is 28.0 Å². The average Bonchev–Trinajstić information content (AvgIpc) is 2.09. The van der Waals surface area contributed by atoms with Gasteiger partial charge in [0, 0.05) is 0 Å². The Kier molecular flexibility index (Phi) is 5.68. The molecular formula is C6H12F6O6S2Si2. The van der Waals surface area contributed by atoms with Crippen molar-refractivity contribution in [3.05, 3.63) is 0 Å². The predicted molar refractivity (Wildman–Crippen MR) is 67.1 cm³/mol. The molecule has 0 aromatic carbocycles. The van der Waals surface area contributed by atoms with Gasteiger partial charge in [0.2, 0.25) is 15.7 Å². The molecule has 0 fully saturated rings. The molecule has 0 atom stereocenters. The molecule has 0 aliphatic heterocycles. The van der Waals surface area contributed by atoms with Crippen molar-refractivity contribution in [2.45, 2.75) is 37.2 Å². The van der Waals surface area contributed by atoms with Crippen LogP contribution >= 0.6 is 0 Å². The van der Waals surface area contributed by atoms with Crippen LogP contribution in [-0.4, -0.2) is 43.5 Å². The number of alkyl halides is 6. The minimum atomic E-state index is -6.09. The van der Waals surface area contributed by atoms with E-state index in [1.807, 2.05) is 0 Å². The maximum Gasteiger partial charge on any atom is 0.522 e. The van der Waals surface area contributed by atoms with Crippen LogP contribution in [0.25, 0.3) is 0 Å². The van der Waals surface area contributed by atoms with Gasteiger partial charge in [-0.25, -0.2) is 0 Å². The van der Waals surface area contributed by atoms with Gasteiger partial charge < -0.3 is 7.74 Å². The molecule has 0 aliphatic rings. The molecule has 0 saturated heterocycles. The molecule has 0 aromatic heterocycles. The zero-order valence-corrected chi connectivity index (χ0v) is 15.2. The molecule has 134 valence electrons. The monoisotopic (exact) mass is 414 g/mol. The second-order valence-corrected chi connectivity index (χ2v) is 22.3. The molecule has 0 bridgehead atoms. The van der Waals surface area contributed by atoms with Crippen molar-refractivity contribution in [2.24, 2.45) is 0 Å². The van der Waals surface area contributed by atoms with Crippen LogP contribution in [0.15, 0.2) is 0 Å². The van der Waals surface area contributed by atoms with E-state index in [0.717, 1.165) is 26.2 Å². The van der Waals surface area contributed by atoms with Crippen LogP contribution in [0.2, 0.25) is 26.2 Å². The van der Waals surface area contributed by atoms with E-state index >= 15 is 0 Å². The Bertz CT molecular complexity index is 563. The van der Waals surface area contributed by atoms with Crippen LogP contribution in [0.3, 0.4) is 0 Å². The van der Waals surface area contributed by atoms with Crippen LogP contribution < -0.4 is 0 Å². The molecule has 0 heterocycles. The van der Waals surface area contributed by atoms with Crippen LogP contribution in [0.1, 0.15) is 0 Å². The van der Waals surface area contributed by atoms with Crippen molar-refractivity contribution in [2.75, 3.05) is 0 Å². The van der Waals surface area contributed by atoms with Gasteiger partial charge in [-0.15, -0.1) is 0 Å². The highest BCUT2D eigenvalue weighted by Gasteiger charge is 2.60. The fourth-order valence-corrected chi connectivity index (χ4v) is 13.2. The zero-order chi connectivity index (χ0) is 18.4. The molecular weight excluding hydrogens is 402 g/mol. The summed E-state index contributed by atoms with van der Waals surface area (Å²) in [6.45, 7) is 3.31. The molecule has 0 spiro atoms. The molecule has 0 N–H and O–H groups in total. The van der Waals surface area contributed by atoms with E-state index in [-0.39, 0.29) is 0 Å². The van der Waals surface area contributed by atoms with Crippen molar-refractivity contribution in [1.82, 2.24) is 0 Å². The Morgan fingerprint density at radius 3 is 0.955 bits per heavy atom. The first-order chi connectivity index (χ1) is 9.16. The predicted octanol–water partition coefficient (Wildman–Crippen LogP) is 2.21. The third-order valence-electron chi connectivity index (χ3n) is 2.65. The van der Waals surface area contributed by atoms with E-state index < -0.39 is 46.9 Å². The molecule has 0 unspecified atom stereocenters. The number of hydrogen-bond donors (Lipinski definition) is 0. The van der Waals surface area contributed by atoms with Gasteiger partial charge in [-0.3, -0.25) is 0 Å². The Labute approximate surface area is 124 Å². The first kappa shape index (κ1) is 21.8. The Morgan fingerprint density at radius 2 is 0.818 bits per heavy atom. The summed E-state index contributed by atoms with van der Waals surface area (Å²) in [6.07, 6.45) is 0. The first-order valence-corrected chi connectivity index (χ1v) is 14.8. The van der Waals surface area contributed by atoms with Crippen molar-refractivity contribution in [3.8, 4) is 0 Å². The molecule has 0 amide bonds. The Morgan fingerprint density at radius 1 is 0.636 bits per heavy atom. The minimum Gasteiger partial charge on any atom is -0.309 e. The highest BCUT2D eigenvalue weighted by Crippen LogP contribution is 2.34. The molecule has 0 aliphatic carbocycles. The average molecular weight is 414 g/mol. The van der Waals surface area contributed by atoms with Gasteiger partial charge in [0.05, 0.1) is 0 Å². The summed E-state index contributed by atoms with van der Waals surface area (Å²) in [6, 6.07) is 0. The smallest absolute Gasteiger partial charge is 0.309 e. The van der Waals surface area contributed by atoms with Gasteiger partial charge in [0.1, 0.15) is 0 Å². The van der Waals surface area contributed by atoms with Gasteiger partial charge in [0.25, 0.3) is 0 Å². The van der Waals surface area contributed by atoms with Gasteiger partial charge in [0.15, 0.2) is 0 Å². The van der Waals surface area contributed by atoms with Gasteiger partial charge in [-0.2, -0.15) is 43.2 Å². The fourth-order valence-electron chi connectivity index (χ4n) is 0.844. The zero-order valence-electron chi connectivity index (χ0n) is 11.5. The maximum absolute atomic E-state index is 12.3. The summed E-state index contributed by atoms with van der Waals surface area (Å²) in [5.74, 6) is 0. The molecule has 0 saturated carbocycles. The van der Waals surface area contributed by atoms with Crippen molar-refractivity contribution in [1.29, 1.82) is 0 Å². The fraction of sp³-hybridized carbons (Fsp3) is 1.00. The second-order valence-electron chi connectivity index (χ2n) is 4.99. The van der Waals surface area contributed by atoms with Crippen LogP contribution in [0.5, 0.6) is 0 Å². The van der Waals surface area contributed by atoms with E-state index in [4.69, 9.17) is 0 Å².